The first-order valence-corrected chi connectivity index (χ1v) is 8.65. The van der Waals surface area contributed by atoms with E-state index in [2.05, 4.69) is 12.2 Å². The van der Waals surface area contributed by atoms with Crippen molar-refractivity contribution in [1.29, 1.82) is 0 Å². The molecule has 1 amide bonds. The maximum Gasteiger partial charge on any atom is 0.377 e. The quantitative estimate of drug-likeness (QED) is 0.413. The standard InChI is InChI=1S/C19H23NO6/c1-2-3-4-5-18(22)20-15-8-6-14(7-9-15)16(21)12-26-19(23)17-13-24-10-11-25-17/h6-9,13H,2-5,10-12H2,1H3,(H,20,22). The van der Waals surface area contributed by atoms with E-state index in [1.54, 1.807) is 24.3 Å². The number of unbranched alkanes of at least 4 members (excludes halogenated alkanes) is 2. The molecule has 0 saturated heterocycles. The lowest BCUT2D eigenvalue weighted by Crippen LogP contribution is -2.20. The van der Waals surface area contributed by atoms with Crippen LogP contribution in [-0.2, 0) is 23.8 Å². The fraction of sp³-hybridized carbons (Fsp3) is 0.421. The van der Waals surface area contributed by atoms with Gasteiger partial charge in [0.05, 0.1) is 0 Å². The van der Waals surface area contributed by atoms with Crippen LogP contribution in [0.5, 0.6) is 0 Å². The van der Waals surface area contributed by atoms with E-state index in [1.165, 1.54) is 6.26 Å². The molecule has 1 aliphatic heterocycles. The fourth-order valence-corrected chi connectivity index (χ4v) is 2.26. The van der Waals surface area contributed by atoms with Gasteiger partial charge in [0.15, 0.2) is 12.4 Å². The average Bonchev–Trinajstić information content (AvgIpc) is 2.67. The second-order valence-electron chi connectivity index (χ2n) is 5.78. The predicted molar refractivity (Wildman–Crippen MR) is 94.5 cm³/mol. The molecule has 0 atom stereocenters. The number of carbonyl (C=O) groups is 3. The zero-order valence-electron chi connectivity index (χ0n) is 14.8. The van der Waals surface area contributed by atoms with Gasteiger partial charge in [-0.05, 0) is 30.7 Å². The van der Waals surface area contributed by atoms with Gasteiger partial charge in [-0.1, -0.05) is 19.8 Å². The number of ketones is 1. The molecule has 7 nitrogen and oxygen atoms in total. The monoisotopic (exact) mass is 361 g/mol. The zero-order valence-corrected chi connectivity index (χ0v) is 14.8. The molecule has 0 spiro atoms. The van der Waals surface area contributed by atoms with Gasteiger partial charge in [0, 0.05) is 17.7 Å². The second kappa shape index (κ2) is 10.2. The largest absolute Gasteiger partial charge is 0.493 e. The van der Waals surface area contributed by atoms with Crippen LogP contribution in [0.1, 0.15) is 43.0 Å². The highest BCUT2D eigenvalue weighted by atomic mass is 16.6. The van der Waals surface area contributed by atoms with Crippen LogP contribution < -0.4 is 5.32 Å². The van der Waals surface area contributed by atoms with E-state index < -0.39 is 12.6 Å². The minimum absolute atomic E-state index is 0.0468. The van der Waals surface area contributed by atoms with Crippen molar-refractivity contribution in [3.63, 3.8) is 0 Å². The summed E-state index contributed by atoms with van der Waals surface area (Å²) in [4.78, 5) is 35.6. The summed E-state index contributed by atoms with van der Waals surface area (Å²) in [6.07, 6.45) is 4.59. The summed E-state index contributed by atoms with van der Waals surface area (Å²) in [5, 5.41) is 2.79. The minimum Gasteiger partial charge on any atom is -0.493 e. The van der Waals surface area contributed by atoms with Crippen LogP contribution in [-0.4, -0.2) is 37.5 Å². The van der Waals surface area contributed by atoms with Gasteiger partial charge in [-0.2, -0.15) is 0 Å². The Morgan fingerprint density at radius 2 is 1.88 bits per heavy atom. The van der Waals surface area contributed by atoms with Crippen LogP contribution >= 0.6 is 0 Å². The Morgan fingerprint density at radius 1 is 1.12 bits per heavy atom. The second-order valence-corrected chi connectivity index (χ2v) is 5.78. The van der Waals surface area contributed by atoms with Gasteiger partial charge in [0.1, 0.15) is 19.5 Å². The van der Waals surface area contributed by atoms with Gasteiger partial charge >= 0.3 is 5.97 Å². The molecule has 1 aromatic carbocycles. The molecule has 1 heterocycles. The Morgan fingerprint density at radius 3 is 2.54 bits per heavy atom. The summed E-state index contributed by atoms with van der Waals surface area (Å²) in [7, 11) is 0. The van der Waals surface area contributed by atoms with Crippen LogP contribution in [0.4, 0.5) is 5.69 Å². The number of ether oxygens (including phenoxy) is 3. The highest BCUT2D eigenvalue weighted by Gasteiger charge is 2.18. The van der Waals surface area contributed by atoms with Gasteiger partial charge in [0.25, 0.3) is 0 Å². The molecule has 1 aliphatic rings. The van der Waals surface area contributed by atoms with Gasteiger partial charge in [-0.25, -0.2) is 4.79 Å². The summed E-state index contributed by atoms with van der Waals surface area (Å²) in [5.74, 6) is -1.19. The molecule has 7 heteroatoms. The van der Waals surface area contributed by atoms with E-state index in [9.17, 15) is 14.4 Å². The maximum absolute atomic E-state index is 12.1. The molecule has 0 radical (unpaired) electrons. The molecule has 140 valence electrons. The number of amides is 1. The van der Waals surface area contributed by atoms with E-state index in [0.29, 0.717) is 24.3 Å². The Hall–Kier alpha value is -2.83. The number of hydrogen-bond acceptors (Lipinski definition) is 6. The van der Waals surface area contributed by atoms with Gasteiger partial charge in [0.2, 0.25) is 11.7 Å². The maximum atomic E-state index is 12.1. The average molecular weight is 361 g/mol. The number of nitrogens with one attached hydrogen (secondary N) is 1. The van der Waals surface area contributed by atoms with Crippen molar-refractivity contribution in [3.8, 4) is 0 Å². The number of anilines is 1. The van der Waals surface area contributed by atoms with Gasteiger partial charge < -0.3 is 19.5 Å². The predicted octanol–water partition coefficient (Wildman–Crippen LogP) is 2.82. The molecule has 1 aromatic rings. The van der Waals surface area contributed by atoms with Crippen molar-refractivity contribution in [2.45, 2.75) is 32.6 Å². The lowest BCUT2D eigenvalue weighted by atomic mass is 10.1. The zero-order chi connectivity index (χ0) is 18.8. The van der Waals surface area contributed by atoms with Crippen molar-refractivity contribution < 1.29 is 28.6 Å². The molecule has 0 aromatic heterocycles. The van der Waals surface area contributed by atoms with Crippen LogP contribution in [0.2, 0.25) is 0 Å². The fourth-order valence-electron chi connectivity index (χ4n) is 2.26. The molecule has 2 rings (SSSR count). The van der Waals surface area contributed by atoms with Crippen LogP contribution in [0.15, 0.2) is 36.3 Å². The van der Waals surface area contributed by atoms with Crippen molar-refractivity contribution in [1.82, 2.24) is 0 Å². The first-order chi connectivity index (χ1) is 12.6. The molecule has 0 saturated carbocycles. The summed E-state index contributed by atoms with van der Waals surface area (Å²) in [6.45, 7) is 2.32. The van der Waals surface area contributed by atoms with Gasteiger partial charge in [-0.3, -0.25) is 9.59 Å². The van der Waals surface area contributed by atoms with E-state index in [1.807, 2.05) is 0 Å². The van der Waals surface area contributed by atoms with E-state index >= 15 is 0 Å². The molecule has 26 heavy (non-hydrogen) atoms. The normalized spacial score (nSPS) is 13.0. The number of Topliss-reactive ketones (excluding diaryl/α,β-unsaturated/α-hetero) is 1. The number of esters is 1. The number of benzene rings is 1. The Labute approximate surface area is 152 Å². The lowest BCUT2D eigenvalue weighted by Gasteiger charge is -2.14. The Kier molecular flexibility index (Phi) is 7.67. The number of hydrogen-bond donors (Lipinski definition) is 1. The van der Waals surface area contributed by atoms with Crippen LogP contribution in [0.3, 0.4) is 0 Å². The van der Waals surface area contributed by atoms with Crippen LogP contribution in [0, 0.1) is 0 Å². The SMILES string of the molecule is CCCCCC(=O)Nc1ccc(C(=O)COC(=O)C2=COCCO2)cc1. The topological polar surface area (TPSA) is 90.9 Å². The van der Waals surface area contributed by atoms with Crippen LogP contribution in [0.25, 0.3) is 0 Å². The number of rotatable bonds is 9. The molecule has 1 N–H and O–H groups in total. The molecule has 0 bridgehead atoms. The smallest absolute Gasteiger partial charge is 0.377 e. The summed E-state index contributed by atoms with van der Waals surface area (Å²) >= 11 is 0. The summed E-state index contributed by atoms with van der Waals surface area (Å²) < 4.78 is 15.0. The number of carbonyl (C=O) groups excluding carboxylic acids is 3. The molecule has 0 aliphatic carbocycles. The van der Waals surface area contributed by atoms with E-state index in [4.69, 9.17) is 14.2 Å². The van der Waals surface area contributed by atoms with Crippen molar-refractivity contribution in [2.24, 2.45) is 0 Å². The van der Waals surface area contributed by atoms with E-state index in [0.717, 1.165) is 19.3 Å². The third kappa shape index (κ3) is 6.23. The third-order valence-corrected chi connectivity index (χ3v) is 3.68. The molecule has 0 fully saturated rings. The third-order valence-electron chi connectivity index (χ3n) is 3.68. The highest BCUT2D eigenvalue weighted by Crippen LogP contribution is 2.12. The Balaban J connectivity index is 1.79. The highest BCUT2D eigenvalue weighted by molar-refractivity contribution is 5.99. The van der Waals surface area contributed by atoms with Gasteiger partial charge in [-0.15, -0.1) is 0 Å². The summed E-state index contributed by atoms with van der Waals surface area (Å²) in [5.41, 5.74) is 1.01. The first-order valence-electron chi connectivity index (χ1n) is 8.65. The van der Waals surface area contributed by atoms with Crippen molar-refractivity contribution in [2.75, 3.05) is 25.1 Å². The van der Waals surface area contributed by atoms with Crippen molar-refractivity contribution >= 4 is 23.3 Å². The first kappa shape index (κ1) is 19.5. The summed E-state index contributed by atoms with van der Waals surface area (Å²) in [6, 6.07) is 6.45. The molecular weight excluding hydrogens is 338 g/mol. The minimum atomic E-state index is -0.742. The Bertz CT molecular complexity index is 665. The molecular formula is C19H23NO6. The van der Waals surface area contributed by atoms with Crippen molar-refractivity contribution in [3.05, 3.63) is 41.9 Å². The van der Waals surface area contributed by atoms with E-state index in [-0.39, 0.29) is 24.1 Å². The lowest BCUT2D eigenvalue weighted by molar-refractivity contribution is -0.143. The molecule has 0 unspecified atom stereocenters.